The Hall–Kier alpha value is -4.37. The third-order valence-electron chi connectivity index (χ3n) is 5.36. The number of hydrogen-bond acceptors (Lipinski definition) is 4. The van der Waals surface area contributed by atoms with Crippen LogP contribution in [-0.4, -0.2) is 17.1 Å². The number of nitrogens with one attached hydrogen (secondary N) is 1. The number of ether oxygens (including phenoxy) is 2. The maximum absolute atomic E-state index is 13.2. The molecule has 0 atom stereocenters. The Balaban J connectivity index is 1.69. The van der Waals surface area contributed by atoms with Gasteiger partial charge >= 0.3 is 0 Å². The summed E-state index contributed by atoms with van der Waals surface area (Å²) in [5.41, 5.74) is 5.67. The molecule has 170 valence electrons. The van der Waals surface area contributed by atoms with Crippen molar-refractivity contribution in [1.82, 2.24) is 9.97 Å². The first-order valence-electron chi connectivity index (χ1n) is 10.8. The number of H-pyrrole nitrogens is 1. The molecule has 1 heterocycles. The topological polar surface area (TPSA) is 70.9 Å². The van der Waals surface area contributed by atoms with Gasteiger partial charge in [0.1, 0.15) is 24.3 Å². The molecule has 0 radical (unpaired) electrons. The van der Waals surface area contributed by atoms with Crippen molar-refractivity contribution in [2.75, 3.05) is 7.11 Å². The molecule has 4 aromatic rings. The summed E-state index contributed by atoms with van der Waals surface area (Å²) in [5, 5.41) is 9.83. The second kappa shape index (κ2) is 10.1. The number of aromatic nitrogens is 2. The fourth-order valence-electron chi connectivity index (χ4n) is 3.70. The van der Waals surface area contributed by atoms with E-state index in [1.807, 2.05) is 37.3 Å². The summed E-state index contributed by atoms with van der Waals surface area (Å²) in [6.45, 7) is 6.12. The van der Waals surface area contributed by atoms with Gasteiger partial charge in [0, 0.05) is 5.56 Å². The Morgan fingerprint density at radius 2 is 1.97 bits per heavy atom. The van der Waals surface area contributed by atoms with Crippen LogP contribution in [-0.2, 0) is 13.0 Å². The third-order valence-corrected chi connectivity index (χ3v) is 5.36. The van der Waals surface area contributed by atoms with Crippen molar-refractivity contribution in [2.45, 2.75) is 20.0 Å². The standard InChI is InChI=1S/C28H24FN3O2/c1-4-5-21-13-20(14-22(16-30)28-31-24-11-6-18(2)12-25(24)32-28)15-26(33-3)27(21)34-17-19-7-9-23(29)10-8-19/h4,6-15H,1,5,17H2,2-3H3,(H,31,32)/b22-14-. The van der Waals surface area contributed by atoms with Gasteiger partial charge in [-0.2, -0.15) is 5.26 Å². The number of allylic oxidation sites excluding steroid dienone is 2. The largest absolute Gasteiger partial charge is 0.493 e. The van der Waals surface area contributed by atoms with Gasteiger partial charge in [-0.25, -0.2) is 9.37 Å². The number of aromatic amines is 1. The van der Waals surface area contributed by atoms with Gasteiger partial charge in [-0.05, 0) is 72.5 Å². The van der Waals surface area contributed by atoms with Crippen LogP contribution in [0.5, 0.6) is 11.5 Å². The highest BCUT2D eigenvalue weighted by molar-refractivity contribution is 5.90. The van der Waals surface area contributed by atoms with Crippen molar-refractivity contribution < 1.29 is 13.9 Å². The third kappa shape index (κ3) is 5.00. The van der Waals surface area contributed by atoms with Crippen molar-refractivity contribution in [3.63, 3.8) is 0 Å². The molecule has 3 aromatic carbocycles. The molecule has 0 aliphatic rings. The van der Waals surface area contributed by atoms with Crippen LogP contribution in [0.15, 0.2) is 67.3 Å². The normalized spacial score (nSPS) is 11.3. The summed E-state index contributed by atoms with van der Waals surface area (Å²) < 4.78 is 24.9. The average Bonchev–Trinajstić information content (AvgIpc) is 3.25. The summed E-state index contributed by atoms with van der Waals surface area (Å²) in [5.74, 6) is 1.33. The van der Waals surface area contributed by atoms with Gasteiger partial charge in [0.05, 0.1) is 23.7 Å². The molecule has 4 rings (SSSR count). The Bertz CT molecular complexity index is 1410. The molecule has 0 aliphatic carbocycles. The lowest BCUT2D eigenvalue weighted by Gasteiger charge is -2.16. The molecule has 0 saturated carbocycles. The van der Waals surface area contributed by atoms with E-state index in [0.29, 0.717) is 29.3 Å². The zero-order valence-corrected chi connectivity index (χ0v) is 19.1. The fraction of sp³-hybridized carbons (Fsp3) is 0.143. The van der Waals surface area contributed by atoms with Gasteiger partial charge in [0.15, 0.2) is 11.5 Å². The summed E-state index contributed by atoms with van der Waals surface area (Å²) in [7, 11) is 1.57. The highest BCUT2D eigenvalue weighted by atomic mass is 19.1. The van der Waals surface area contributed by atoms with Crippen molar-refractivity contribution >= 4 is 22.7 Å². The number of hydrogen-bond donors (Lipinski definition) is 1. The second-order valence-electron chi connectivity index (χ2n) is 7.90. The van der Waals surface area contributed by atoms with E-state index in [-0.39, 0.29) is 12.4 Å². The number of nitriles is 1. The molecule has 5 nitrogen and oxygen atoms in total. The second-order valence-corrected chi connectivity index (χ2v) is 7.90. The van der Waals surface area contributed by atoms with Crippen LogP contribution in [0.2, 0.25) is 0 Å². The quantitative estimate of drug-likeness (QED) is 0.248. The Morgan fingerprint density at radius 1 is 1.18 bits per heavy atom. The van der Waals surface area contributed by atoms with Crippen LogP contribution >= 0.6 is 0 Å². The van der Waals surface area contributed by atoms with E-state index in [1.165, 1.54) is 12.1 Å². The molecule has 6 heteroatoms. The van der Waals surface area contributed by atoms with Gasteiger partial charge in [-0.3, -0.25) is 0 Å². The molecule has 0 saturated heterocycles. The monoisotopic (exact) mass is 453 g/mol. The molecular formula is C28H24FN3O2. The van der Waals surface area contributed by atoms with E-state index < -0.39 is 0 Å². The van der Waals surface area contributed by atoms with Crippen LogP contribution in [0.1, 0.15) is 28.1 Å². The molecule has 0 bridgehead atoms. The van der Waals surface area contributed by atoms with Crippen LogP contribution < -0.4 is 9.47 Å². The molecule has 34 heavy (non-hydrogen) atoms. The first-order chi connectivity index (χ1) is 16.5. The minimum absolute atomic E-state index is 0.262. The molecule has 1 N–H and O–H groups in total. The summed E-state index contributed by atoms with van der Waals surface area (Å²) in [4.78, 5) is 7.79. The van der Waals surface area contributed by atoms with Gasteiger partial charge in [0.25, 0.3) is 0 Å². The van der Waals surface area contributed by atoms with Crippen LogP contribution in [0.25, 0.3) is 22.7 Å². The lowest BCUT2D eigenvalue weighted by molar-refractivity contribution is 0.282. The molecule has 0 amide bonds. The van der Waals surface area contributed by atoms with Crippen molar-refractivity contribution in [1.29, 1.82) is 5.26 Å². The van der Waals surface area contributed by atoms with Gasteiger partial charge in [-0.15, -0.1) is 6.58 Å². The number of imidazole rings is 1. The Labute approximate surface area is 197 Å². The number of methoxy groups -OCH3 is 1. The number of benzene rings is 3. The number of halogens is 1. The summed E-state index contributed by atoms with van der Waals surface area (Å²) in [6, 6.07) is 18.1. The van der Waals surface area contributed by atoms with E-state index in [9.17, 15) is 9.65 Å². The van der Waals surface area contributed by atoms with Crippen LogP contribution in [0.3, 0.4) is 0 Å². The molecule has 0 aliphatic heterocycles. The number of nitrogens with zero attached hydrogens (tertiary/aromatic N) is 2. The van der Waals surface area contributed by atoms with E-state index in [4.69, 9.17) is 9.47 Å². The van der Waals surface area contributed by atoms with E-state index in [2.05, 4.69) is 22.6 Å². The summed E-state index contributed by atoms with van der Waals surface area (Å²) in [6.07, 6.45) is 4.09. The van der Waals surface area contributed by atoms with Crippen LogP contribution in [0, 0.1) is 24.1 Å². The Kier molecular flexibility index (Phi) is 6.74. The first-order valence-corrected chi connectivity index (χ1v) is 10.8. The highest BCUT2D eigenvalue weighted by Gasteiger charge is 2.14. The van der Waals surface area contributed by atoms with Crippen molar-refractivity contribution in [3.05, 3.63) is 101 Å². The summed E-state index contributed by atoms with van der Waals surface area (Å²) >= 11 is 0. The van der Waals surface area contributed by atoms with E-state index in [1.54, 1.807) is 31.4 Å². The minimum atomic E-state index is -0.294. The maximum atomic E-state index is 13.2. The average molecular weight is 454 g/mol. The zero-order valence-electron chi connectivity index (χ0n) is 19.1. The van der Waals surface area contributed by atoms with Gasteiger partial charge < -0.3 is 14.5 Å². The molecule has 0 unspecified atom stereocenters. The maximum Gasteiger partial charge on any atom is 0.165 e. The minimum Gasteiger partial charge on any atom is -0.493 e. The van der Waals surface area contributed by atoms with Gasteiger partial charge in [-0.1, -0.05) is 24.3 Å². The highest BCUT2D eigenvalue weighted by Crippen LogP contribution is 2.35. The Morgan fingerprint density at radius 3 is 2.68 bits per heavy atom. The van der Waals surface area contributed by atoms with Crippen molar-refractivity contribution in [3.8, 4) is 17.6 Å². The molecule has 0 fully saturated rings. The number of fused-ring (bicyclic) bond motifs is 1. The fourth-order valence-corrected chi connectivity index (χ4v) is 3.70. The van der Waals surface area contributed by atoms with E-state index in [0.717, 1.165) is 33.3 Å². The first kappa shape index (κ1) is 22.8. The lowest BCUT2D eigenvalue weighted by atomic mass is 10.0. The van der Waals surface area contributed by atoms with Crippen molar-refractivity contribution in [2.24, 2.45) is 0 Å². The molecule has 1 aromatic heterocycles. The lowest BCUT2D eigenvalue weighted by Crippen LogP contribution is -2.02. The predicted octanol–water partition coefficient (Wildman–Crippen LogP) is 6.39. The van der Waals surface area contributed by atoms with E-state index >= 15 is 0 Å². The number of rotatable bonds is 8. The van der Waals surface area contributed by atoms with Gasteiger partial charge in [0.2, 0.25) is 0 Å². The zero-order chi connectivity index (χ0) is 24.1. The molecule has 0 spiro atoms. The van der Waals surface area contributed by atoms with Crippen LogP contribution in [0.4, 0.5) is 4.39 Å². The molecular weight excluding hydrogens is 429 g/mol. The smallest absolute Gasteiger partial charge is 0.165 e. The SMILES string of the molecule is C=CCc1cc(/C=C(/C#N)c2nc3ccc(C)cc3[nH]2)cc(OC)c1OCc1ccc(F)cc1. The number of aryl methyl sites for hydroxylation is 1. The predicted molar refractivity (Wildman–Crippen MR) is 132 cm³/mol.